The summed E-state index contributed by atoms with van der Waals surface area (Å²) in [6.07, 6.45) is 1.72. The Bertz CT molecular complexity index is 566. The fourth-order valence-corrected chi connectivity index (χ4v) is 4.88. The van der Waals surface area contributed by atoms with Crippen LogP contribution in [-0.4, -0.2) is 31.0 Å². The molecule has 0 unspecified atom stereocenters. The summed E-state index contributed by atoms with van der Waals surface area (Å²) in [6.45, 7) is 0. The number of nitrogens with one attached hydrogen (secondary N) is 1. The lowest BCUT2D eigenvalue weighted by molar-refractivity contribution is 0.529. The highest BCUT2D eigenvalue weighted by Crippen LogP contribution is 2.21. The molecule has 2 rings (SSSR count). The molecule has 0 atom stereocenters. The summed E-state index contributed by atoms with van der Waals surface area (Å²) < 4.78 is 27.5. The Morgan fingerprint density at radius 3 is 2.58 bits per heavy atom. The van der Waals surface area contributed by atoms with Crippen molar-refractivity contribution in [2.24, 2.45) is 5.73 Å². The smallest absolute Gasteiger partial charge is 0.241 e. The molecule has 1 heterocycles. The maximum Gasteiger partial charge on any atom is 0.241 e. The highest BCUT2D eigenvalue weighted by atomic mass is 32.2. The van der Waals surface area contributed by atoms with Crippen molar-refractivity contribution in [3.05, 3.63) is 29.8 Å². The molecule has 0 bridgehead atoms. The normalized spacial score (nSPS) is 17.3. The van der Waals surface area contributed by atoms with Gasteiger partial charge in [-0.15, -0.1) is 0 Å². The molecular weight excluding hydrogens is 300 g/mol. The molecule has 1 fully saturated rings. The van der Waals surface area contributed by atoms with Crippen molar-refractivity contribution < 1.29 is 8.42 Å². The molecule has 1 aliphatic rings. The summed E-state index contributed by atoms with van der Waals surface area (Å²) in [4.78, 5) is 0.265. The van der Waals surface area contributed by atoms with E-state index in [1.54, 1.807) is 18.2 Å². The standard InChI is InChI=1S/C12H16N2O2S3/c13-12(17)10-3-1-2-4-11(10)19(15,16)14-9-5-7-18-8-6-9/h1-4,9,14H,5-8H2,(H2,13,17). The third-order valence-electron chi connectivity index (χ3n) is 2.99. The first-order chi connectivity index (χ1) is 9.00. The van der Waals surface area contributed by atoms with Gasteiger partial charge >= 0.3 is 0 Å². The SMILES string of the molecule is NC(=S)c1ccccc1S(=O)(=O)NC1CCSCC1. The zero-order valence-corrected chi connectivity index (χ0v) is 12.8. The summed E-state index contributed by atoms with van der Waals surface area (Å²) in [5, 5.41) is 0. The number of hydrogen-bond acceptors (Lipinski definition) is 4. The monoisotopic (exact) mass is 316 g/mol. The van der Waals surface area contributed by atoms with E-state index < -0.39 is 10.0 Å². The highest BCUT2D eigenvalue weighted by Gasteiger charge is 2.24. The van der Waals surface area contributed by atoms with Crippen LogP contribution in [0.4, 0.5) is 0 Å². The van der Waals surface area contributed by atoms with E-state index in [0.717, 1.165) is 24.3 Å². The van der Waals surface area contributed by atoms with Crippen LogP contribution in [0.3, 0.4) is 0 Å². The van der Waals surface area contributed by atoms with Crippen LogP contribution < -0.4 is 10.5 Å². The third kappa shape index (κ3) is 3.68. The molecule has 3 N–H and O–H groups in total. The van der Waals surface area contributed by atoms with Crippen molar-refractivity contribution >= 4 is 39.0 Å². The predicted octanol–water partition coefficient (Wildman–Crippen LogP) is 1.49. The van der Waals surface area contributed by atoms with Crippen LogP contribution >= 0.6 is 24.0 Å². The van der Waals surface area contributed by atoms with Crippen LogP contribution in [0.15, 0.2) is 29.2 Å². The zero-order valence-electron chi connectivity index (χ0n) is 10.3. The number of benzene rings is 1. The van der Waals surface area contributed by atoms with E-state index in [1.807, 2.05) is 11.8 Å². The zero-order chi connectivity index (χ0) is 13.9. The lowest BCUT2D eigenvalue weighted by Gasteiger charge is -2.23. The minimum atomic E-state index is -3.56. The van der Waals surface area contributed by atoms with Crippen molar-refractivity contribution in [1.82, 2.24) is 4.72 Å². The Morgan fingerprint density at radius 2 is 1.95 bits per heavy atom. The number of rotatable bonds is 4. The maximum atomic E-state index is 12.4. The number of sulfonamides is 1. The average Bonchev–Trinajstić information content (AvgIpc) is 2.39. The first-order valence-electron chi connectivity index (χ1n) is 5.99. The minimum absolute atomic E-state index is 0.00523. The summed E-state index contributed by atoms with van der Waals surface area (Å²) >= 11 is 6.76. The number of thiocarbonyl (C=S) groups is 1. The van der Waals surface area contributed by atoms with Crippen LogP contribution in [0.1, 0.15) is 18.4 Å². The molecule has 0 amide bonds. The van der Waals surface area contributed by atoms with Crippen LogP contribution in [0.2, 0.25) is 0 Å². The van der Waals surface area contributed by atoms with Crippen LogP contribution in [0.25, 0.3) is 0 Å². The van der Waals surface area contributed by atoms with Gasteiger partial charge in [-0.05, 0) is 30.4 Å². The fraction of sp³-hybridized carbons (Fsp3) is 0.417. The van der Waals surface area contributed by atoms with Crippen molar-refractivity contribution in [1.29, 1.82) is 0 Å². The van der Waals surface area contributed by atoms with Gasteiger partial charge in [0.25, 0.3) is 0 Å². The molecule has 104 valence electrons. The lowest BCUT2D eigenvalue weighted by Crippen LogP contribution is -2.38. The van der Waals surface area contributed by atoms with Crippen molar-refractivity contribution in [3.63, 3.8) is 0 Å². The summed E-state index contributed by atoms with van der Waals surface area (Å²) in [7, 11) is -3.56. The third-order valence-corrected chi connectivity index (χ3v) is 5.83. The topological polar surface area (TPSA) is 72.2 Å². The van der Waals surface area contributed by atoms with Crippen LogP contribution in [0, 0.1) is 0 Å². The van der Waals surface area contributed by atoms with E-state index in [-0.39, 0.29) is 15.9 Å². The van der Waals surface area contributed by atoms with E-state index in [1.165, 1.54) is 6.07 Å². The molecule has 0 aromatic heterocycles. The maximum absolute atomic E-state index is 12.4. The molecule has 4 nitrogen and oxygen atoms in total. The van der Waals surface area contributed by atoms with Gasteiger partial charge in [0.15, 0.2) is 0 Å². The number of hydrogen-bond donors (Lipinski definition) is 2. The van der Waals surface area contributed by atoms with E-state index in [0.29, 0.717) is 5.56 Å². The molecule has 7 heteroatoms. The lowest BCUT2D eigenvalue weighted by atomic mass is 10.2. The Labute approximate surface area is 123 Å². The quantitative estimate of drug-likeness (QED) is 0.824. The van der Waals surface area contributed by atoms with E-state index >= 15 is 0 Å². The van der Waals surface area contributed by atoms with Gasteiger partial charge in [-0.2, -0.15) is 11.8 Å². The molecule has 0 radical (unpaired) electrons. The molecule has 0 aliphatic carbocycles. The largest absolute Gasteiger partial charge is 0.389 e. The molecule has 1 saturated heterocycles. The van der Waals surface area contributed by atoms with Gasteiger partial charge in [-0.3, -0.25) is 0 Å². The number of thioether (sulfide) groups is 1. The van der Waals surface area contributed by atoms with Gasteiger partial charge in [0.2, 0.25) is 10.0 Å². The molecule has 1 aliphatic heterocycles. The second kappa shape index (κ2) is 6.21. The molecule has 1 aromatic carbocycles. The predicted molar refractivity (Wildman–Crippen MR) is 83.0 cm³/mol. The number of nitrogens with two attached hydrogens (primary N) is 1. The van der Waals surface area contributed by atoms with Gasteiger partial charge in [-0.1, -0.05) is 30.4 Å². The van der Waals surface area contributed by atoms with Crippen molar-refractivity contribution in [2.45, 2.75) is 23.8 Å². The Kier molecular flexibility index (Phi) is 4.83. The fourth-order valence-electron chi connectivity index (χ4n) is 2.00. The van der Waals surface area contributed by atoms with Gasteiger partial charge in [0, 0.05) is 11.6 Å². The molecule has 0 saturated carbocycles. The molecule has 1 aromatic rings. The van der Waals surface area contributed by atoms with Crippen molar-refractivity contribution in [2.75, 3.05) is 11.5 Å². The van der Waals surface area contributed by atoms with E-state index in [2.05, 4.69) is 4.72 Å². The van der Waals surface area contributed by atoms with E-state index in [9.17, 15) is 8.42 Å². The second-order valence-electron chi connectivity index (χ2n) is 4.37. The molecule has 0 spiro atoms. The summed E-state index contributed by atoms with van der Waals surface area (Å²) in [6, 6.07) is 6.57. The average molecular weight is 316 g/mol. The Balaban J connectivity index is 2.26. The minimum Gasteiger partial charge on any atom is -0.389 e. The van der Waals surface area contributed by atoms with E-state index in [4.69, 9.17) is 18.0 Å². The Hall–Kier alpha value is -0.630. The van der Waals surface area contributed by atoms with Gasteiger partial charge < -0.3 is 5.73 Å². The van der Waals surface area contributed by atoms with Crippen LogP contribution in [0.5, 0.6) is 0 Å². The van der Waals surface area contributed by atoms with Gasteiger partial charge in [0.1, 0.15) is 4.99 Å². The molecular formula is C12H16N2O2S3. The summed E-state index contributed by atoms with van der Waals surface area (Å²) in [5.74, 6) is 1.98. The molecule has 19 heavy (non-hydrogen) atoms. The first-order valence-corrected chi connectivity index (χ1v) is 9.04. The van der Waals surface area contributed by atoms with Crippen molar-refractivity contribution in [3.8, 4) is 0 Å². The second-order valence-corrected chi connectivity index (χ2v) is 7.72. The van der Waals surface area contributed by atoms with Crippen LogP contribution in [-0.2, 0) is 10.0 Å². The highest BCUT2D eigenvalue weighted by molar-refractivity contribution is 7.99. The van der Waals surface area contributed by atoms with Gasteiger partial charge in [-0.25, -0.2) is 13.1 Å². The first kappa shape index (κ1) is 14.8. The Morgan fingerprint density at radius 1 is 1.32 bits per heavy atom. The van der Waals surface area contributed by atoms with Gasteiger partial charge in [0.05, 0.1) is 4.90 Å². The summed E-state index contributed by atoms with van der Waals surface area (Å²) in [5.41, 5.74) is 5.98.